The van der Waals surface area contributed by atoms with E-state index in [9.17, 15) is 4.79 Å². The largest absolute Gasteiger partial charge is 0.383 e. The average Bonchev–Trinajstić information content (AvgIpc) is 3.54. The van der Waals surface area contributed by atoms with Crippen molar-refractivity contribution in [3.8, 4) is 10.7 Å². The van der Waals surface area contributed by atoms with Crippen molar-refractivity contribution < 1.29 is 9.53 Å². The molecule has 0 bridgehead atoms. The summed E-state index contributed by atoms with van der Waals surface area (Å²) >= 11 is 4.96. The lowest BCUT2D eigenvalue weighted by atomic mass is 9.87. The number of aromatic nitrogens is 3. The highest BCUT2D eigenvalue weighted by Crippen LogP contribution is 2.38. The van der Waals surface area contributed by atoms with Crippen LogP contribution >= 0.6 is 34.4 Å². The minimum absolute atomic E-state index is 0.0854. The lowest BCUT2D eigenvalue weighted by Crippen LogP contribution is -2.34. The van der Waals surface area contributed by atoms with Gasteiger partial charge in [0.25, 0.3) is 0 Å². The molecule has 1 atom stereocenters. The molecule has 6 nitrogen and oxygen atoms in total. The number of ether oxygens (including phenoxy) is 1. The molecule has 0 aliphatic heterocycles. The summed E-state index contributed by atoms with van der Waals surface area (Å²) in [7, 11) is 3.65. The van der Waals surface area contributed by atoms with Gasteiger partial charge in [0, 0.05) is 30.5 Å². The first-order valence-corrected chi connectivity index (χ1v) is 13.7. The first kappa shape index (κ1) is 23.5. The molecule has 0 N–H and O–H groups in total. The van der Waals surface area contributed by atoms with E-state index < -0.39 is 0 Å². The van der Waals surface area contributed by atoms with Gasteiger partial charge in [-0.05, 0) is 48.3 Å². The lowest BCUT2D eigenvalue weighted by molar-refractivity contribution is -0.129. The molecule has 9 heteroatoms. The third-order valence-electron chi connectivity index (χ3n) is 5.99. The molecule has 0 spiro atoms. The molecule has 3 aromatic heterocycles. The Balaban J connectivity index is 1.41. The fourth-order valence-electron chi connectivity index (χ4n) is 4.01. The Morgan fingerprint density at radius 2 is 2.28 bits per heavy atom. The van der Waals surface area contributed by atoms with Crippen molar-refractivity contribution in [2.45, 2.75) is 44.3 Å². The Labute approximate surface area is 202 Å². The van der Waals surface area contributed by atoms with E-state index in [2.05, 4.69) is 29.3 Å². The van der Waals surface area contributed by atoms with Crippen molar-refractivity contribution in [1.29, 1.82) is 0 Å². The molecule has 1 aliphatic carbocycles. The second kappa shape index (κ2) is 11.0. The number of thiophene rings is 2. The van der Waals surface area contributed by atoms with Gasteiger partial charge in [0.05, 0.1) is 23.8 Å². The molecule has 172 valence electrons. The summed E-state index contributed by atoms with van der Waals surface area (Å²) in [5.74, 6) is 2.11. The molecule has 0 unspecified atom stereocenters. The summed E-state index contributed by atoms with van der Waals surface area (Å²) in [4.78, 5) is 18.6. The van der Waals surface area contributed by atoms with Crippen molar-refractivity contribution in [1.82, 2.24) is 19.7 Å². The van der Waals surface area contributed by atoms with Crippen molar-refractivity contribution >= 4 is 40.3 Å². The number of hydrogen-bond donors (Lipinski definition) is 0. The minimum Gasteiger partial charge on any atom is -0.383 e. The van der Waals surface area contributed by atoms with Crippen molar-refractivity contribution in [2.75, 3.05) is 26.0 Å². The van der Waals surface area contributed by atoms with Gasteiger partial charge >= 0.3 is 0 Å². The molecule has 1 amide bonds. The number of hydrogen-bond acceptors (Lipinski definition) is 7. The van der Waals surface area contributed by atoms with Gasteiger partial charge in [-0.2, -0.15) is 0 Å². The fraction of sp³-hybridized carbons (Fsp3) is 0.522. The number of nitrogens with zero attached hydrogens (tertiary/aromatic N) is 4. The average molecular weight is 491 g/mol. The van der Waals surface area contributed by atoms with Gasteiger partial charge in [0.15, 0.2) is 11.0 Å². The van der Waals surface area contributed by atoms with E-state index in [1.807, 2.05) is 39.3 Å². The van der Waals surface area contributed by atoms with E-state index in [0.29, 0.717) is 25.4 Å². The monoisotopic (exact) mass is 490 g/mol. The maximum atomic E-state index is 12.9. The Bertz CT molecular complexity index is 1030. The van der Waals surface area contributed by atoms with Crippen LogP contribution in [-0.2, 0) is 36.0 Å². The van der Waals surface area contributed by atoms with E-state index in [4.69, 9.17) is 4.74 Å². The molecule has 3 aromatic rings. The topological polar surface area (TPSA) is 60.3 Å². The van der Waals surface area contributed by atoms with Crippen molar-refractivity contribution in [2.24, 2.45) is 13.0 Å². The Morgan fingerprint density at radius 1 is 1.41 bits per heavy atom. The first-order valence-electron chi connectivity index (χ1n) is 11.0. The van der Waals surface area contributed by atoms with Crippen LogP contribution in [0.4, 0.5) is 0 Å². The van der Waals surface area contributed by atoms with Gasteiger partial charge in [0.2, 0.25) is 5.91 Å². The lowest BCUT2D eigenvalue weighted by Gasteiger charge is -2.21. The van der Waals surface area contributed by atoms with Gasteiger partial charge in [-0.25, -0.2) is 0 Å². The zero-order valence-corrected chi connectivity index (χ0v) is 21.3. The van der Waals surface area contributed by atoms with E-state index >= 15 is 0 Å². The van der Waals surface area contributed by atoms with Crippen LogP contribution in [-0.4, -0.2) is 51.6 Å². The number of aryl methyl sites for hydroxylation is 1. The molecule has 0 aromatic carbocycles. The second-order valence-corrected chi connectivity index (χ2v) is 11.2. The zero-order valence-electron chi connectivity index (χ0n) is 18.9. The molecule has 3 heterocycles. The van der Waals surface area contributed by atoms with E-state index in [1.165, 1.54) is 57.6 Å². The predicted octanol–water partition coefficient (Wildman–Crippen LogP) is 4.89. The SMILES string of the molecule is CC[C@H]1CCc2sc(-c3nnc(SCC(=O)N(CCOC)Cc4cccs4)n3C)cc2C1. The van der Waals surface area contributed by atoms with Gasteiger partial charge in [0.1, 0.15) is 0 Å². The highest BCUT2D eigenvalue weighted by Gasteiger charge is 2.23. The van der Waals surface area contributed by atoms with Crippen molar-refractivity contribution in [3.63, 3.8) is 0 Å². The Morgan fingerprint density at radius 3 is 3.03 bits per heavy atom. The number of carbonyl (C=O) groups is 1. The van der Waals surface area contributed by atoms with Crippen LogP contribution in [0.1, 0.15) is 35.1 Å². The van der Waals surface area contributed by atoms with Gasteiger partial charge in [-0.1, -0.05) is 31.2 Å². The standard InChI is InChI=1S/C23H30N4O2S3/c1-4-16-7-8-19-17(12-16)13-20(32-19)22-24-25-23(26(22)2)31-15-21(28)27(9-10-29-3)14-18-6-5-11-30-18/h5-6,11,13,16H,4,7-10,12,14-15H2,1-3H3/t16-/m0/s1. The molecular formula is C23H30N4O2S3. The van der Waals surface area contributed by atoms with Gasteiger partial charge in [-0.15, -0.1) is 32.9 Å². The first-order chi connectivity index (χ1) is 15.6. The molecule has 0 saturated carbocycles. The highest BCUT2D eigenvalue weighted by molar-refractivity contribution is 7.99. The highest BCUT2D eigenvalue weighted by atomic mass is 32.2. The molecule has 32 heavy (non-hydrogen) atoms. The number of carbonyl (C=O) groups excluding carboxylic acids is 1. The zero-order chi connectivity index (χ0) is 22.5. The minimum atomic E-state index is 0.0854. The number of fused-ring (bicyclic) bond motifs is 1. The summed E-state index contributed by atoms with van der Waals surface area (Å²) < 4.78 is 7.22. The van der Waals surface area contributed by atoms with Crippen LogP contribution in [0.2, 0.25) is 0 Å². The number of methoxy groups -OCH3 is 1. The molecule has 0 saturated heterocycles. The number of thioether (sulfide) groups is 1. The predicted molar refractivity (Wildman–Crippen MR) is 132 cm³/mol. The van der Waals surface area contributed by atoms with Crippen molar-refractivity contribution in [3.05, 3.63) is 38.9 Å². The van der Waals surface area contributed by atoms with E-state index in [-0.39, 0.29) is 5.91 Å². The van der Waals surface area contributed by atoms with Crippen LogP contribution in [0.15, 0.2) is 28.7 Å². The smallest absolute Gasteiger partial charge is 0.233 e. The van der Waals surface area contributed by atoms with Crippen LogP contribution in [0.3, 0.4) is 0 Å². The number of amides is 1. The second-order valence-electron chi connectivity index (χ2n) is 8.12. The van der Waals surface area contributed by atoms with Gasteiger partial charge in [-0.3, -0.25) is 4.79 Å². The third kappa shape index (κ3) is 5.44. The summed E-state index contributed by atoms with van der Waals surface area (Å²) in [6.45, 7) is 4.01. The van der Waals surface area contributed by atoms with E-state index in [1.54, 1.807) is 18.4 Å². The fourth-order valence-corrected chi connectivity index (χ4v) is 6.78. The van der Waals surface area contributed by atoms with Crippen LogP contribution in [0.25, 0.3) is 10.7 Å². The Kier molecular flexibility index (Phi) is 8.04. The normalized spacial score (nSPS) is 15.7. The Hall–Kier alpha value is -1.68. The third-order valence-corrected chi connectivity index (χ3v) is 9.09. The summed E-state index contributed by atoms with van der Waals surface area (Å²) in [6.07, 6.45) is 4.89. The maximum Gasteiger partial charge on any atom is 0.233 e. The maximum absolute atomic E-state index is 12.9. The summed E-state index contributed by atoms with van der Waals surface area (Å²) in [6, 6.07) is 6.38. The molecule has 1 aliphatic rings. The number of rotatable bonds is 10. The van der Waals surface area contributed by atoms with E-state index in [0.717, 1.165) is 16.9 Å². The molecule has 0 radical (unpaired) electrons. The molecular weight excluding hydrogens is 460 g/mol. The summed E-state index contributed by atoms with van der Waals surface area (Å²) in [5.41, 5.74) is 1.48. The van der Waals surface area contributed by atoms with Crippen LogP contribution in [0.5, 0.6) is 0 Å². The summed E-state index contributed by atoms with van der Waals surface area (Å²) in [5, 5.41) is 11.7. The quantitative estimate of drug-likeness (QED) is 0.379. The molecule has 0 fully saturated rings. The van der Waals surface area contributed by atoms with Gasteiger partial charge < -0.3 is 14.2 Å². The molecule has 4 rings (SSSR count). The van der Waals surface area contributed by atoms with Crippen LogP contribution in [0, 0.1) is 5.92 Å². The van der Waals surface area contributed by atoms with Crippen LogP contribution < -0.4 is 0 Å².